The third kappa shape index (κ3) is 3.67. The summed E-state index contributed by atoms with van der Waals surface area (Å²) in [5.74, 6) is 2.02. The molecule has 2 heterocycles. The predicted octanol–water partition coefficient (Wildman–Crippen LogP) is 4.04. The van der Waals surface area contributed by atoms with Crippen LogP contribution in [0.1, 0.15) is 24.4 Å². The molecule has 4 rings (SSSR count). The van der Waals surface area contributed by atoms with Crippen LogP contribution in [0.15, 0.2) is 47.6 Å². The van der Waals surface area contributed by atoms with Gasteiger partial charge < -0.3 is 19.4 Å². The molecule has 1 aromatic heterocycles. The molecule has 1 fully saturated rings. The lowest BCUT2D eigenvalue weighted by Gasteiger charge is -2.26. The Bertz CT molecular complexity index is 955. The Morgan fingerprint density at radius 1 is 1.25 bits per heavy atom. The average molecular weight is 398 g/mol. The Kier molecular flexibility index (Phi) is 5.43. The second kappa shape index (κ2) is 8.14. The summed E-state index contributed by atoms with van der Waals surface area (Å²) in [6, 6.07) is 13.6. The van der Waals surface area contributed by atoms with Crippen LogP contribution in [0, 0.1) is 0 Å². The highest BCUT2D eigenvalue weighted by atomic mass is 32.2. The van der Waals surface area contributed by atoms with Crippen LogP contribution >= 0.6 is 11.8 Å². The van der Waals surface area contributed by atoms with Gasteiger partial charge in [-0.3, -0.25) is 4.79 Å². The highest BCUT2D eigenvalue weighted by molar-refractivity contribution is 7.99. The first-order valence-electron chi connectivity index (χ1n) is 9.28. The summed E-state index contributed by atoms with van der Waals surface area (Å²) in [6.07, 6.45) is 1.90. The van der Waals surface area contributed by atoms with Crippen molar-refractivity contribution in [2.75, 3.05) is 26.5 Å². The number of fused-ring (bicyclic) bond motifs is 1. The van der Waals surface area contributed by atoms with E-state index < -0.39 is 0 Å². The third-order valence-corrected chi connectivity index (χ3v) is 5.93. The maximum Gasteiger partial charge on any atom is 0.233 e. The van der Waals surface area contributed by atoms with E-state index in [0.717, 1.165) is 52.6 Å². The lowest BCUT2D eigenvalue weighted by molar-refractivity contribution is -0.129. The summed E-state index contributed by atoms with van der Waals surface area (Å²) in [4.78, 5) is 22.7. The molecular formula is C21H23N3O3S. The summed E-state index contributed by atoms with van der Waals surface area (Å²) >= 11 is 1.44. The molecule has 1 aliphatic rings. The number of ether oxygens (including phenoxy) is 2. The SMILES string of the molecule is COc1ccc(OC)c(C2CCCN2C(=O)CSc2nc3ccccc3[nH]2)c1. The van der Waals surface area contributed by atoms with E-state index in [0.29, 0.717) is 5.75 Å². The van der Waals surface area contributed by atoms with Gasteiger partial charge in [0.1, 0.15) is 11.5 Å². The molecule has 0 spiro atoms. The number of aromatic amines is 1. The molecule has 1 aliphatic heterocycles. The highest BCUT2D eigenvalue weighted by Crippen LogP contribution is 2.39. The van der Waals surface area contributed by atoms with Crippen molar-refractivity contribution in [3.63, 3.8) is 0 Å². The zero-order valence-corrected chi connectivity index (χ0v) is 16.8. The monoisotopic (exact) mass is 397 g/mol. The molecule has 7 heteroatoms. The number of benzene rings is 2. The second-order valence-corrected chi connectivity index (χ2v) is 7.66. The topological polar surface area (TPSA) is 67.5 Å². The standard InChI is InChI=1S/C21H23N3O3S/c1-26-14-9-10-19(27-2)15(12-14)18-8-5-11-24(18)20(25)13-28-21-22-16-6-3-4-7-17(16)23-21/h3-4,6-7,9-10,12,18H,5,8,11,13H2,1-2H3,(H,22,23). The van der Waals surface area contributed by atoms with Crippen LogP contribution in [0.4, 0.5) is 0 Å². The van der Waals surface area contributed by atoms with E-state index >= 15 is 0 Å². The normalized spacial score (nSPS) is 16.5. The van der Waals surface area contributed by atoms with Crippen LogP contribution in [0.5, 0.6) is 11.5 Å². The zero-order chi connectivity index (χ0) is 19.5. The number of hydrogen-bond acceptors (Lipinski definition) is 5. The minimum atomic E-state index is 0.00817. The lowest BCUT2D eigenvalue weighted by Crippen LogP contribution is -2.32. The smallest absolute Gasteiger partial charge is 0.233 e. The van der Waals surface area contributed by atoms with Crippen LogP contribution < -0.4 is 9.47 Å². The number of aromatic nitrogens is 2. The fourth-order valence-corrected chi connectivity index (χ4v) is 4.47. The van der Waals surface area contributed by atoms with Gasteiger partial charge in [0.05, 0.1) is 37.0 Å². The number of likely N-dealkylation sites (tertiary alicyclic amines) is 1. The van der Waals surface area contributed by atoms with E-state index in [2.05, 4.69) is 9.97 Å². The molecular weight excluding hydrogens is 374 g/mol. The first kappa shape index (κ1) is 18.7. The van der Waals surface area contributed by atoms with E-state index in [9.17, 15) is 4.79 Å². The van der Waals surface area contributed by atoms with Crippen molar-refractivity contribution in [1.82, 2.24) is 14.9 Å². The van der Waals surface area contributed by atoms with Crippen molar-refractivity contribution in [3.8, 4) is 11.5 Å². The van der Waals surface area contributed by atoms with Gasteiger partial charge in [-0.2, -0.15) is 0 Å². The van der Waals surface area contributed by atoms with Crippen molar-refractivity contribution in [1.29, 1.82) is 0 Å². The Morgan fingerprint density at radius 2 is 2.11 bits per heavy atom. The number of H-pyrrole nitrogens is 1. The van der Waals surface area contributed by atoms with E-state index in [4.69, 9.17) is 9.47 Å². The molecule has 2 aromatic carbocycles. The number of amides is 1. The molecule has 146 valence electrons. The molecule has 0 aliphatic carbocycles. The molecule has 3 aromatic rings. The van der Waals surface area contributed by atoms with Gasteiger partial charge in [-0.05, 0) is 43.2 Å². The zero-order valence-electron chi connectivity index (χ0n) is 16.0. The van der Waals surface area contributed by atoms with E-state index in [-0.39, 0.29) is 11.9 Å². The molecule has 1 atom stereocenters. The highest BCUT2D eigenvalue weighted by Gasteiger charge is 2.32. The van der Waals surface area contributed by atoms with E-state index in [1.165, 1.54) is 11.8 Å². The predicted molar refractivity (Wildman–Crippen MR) is 110 cm³/mol. The van der Waals surface area contributed by atoms with Gasteiger partial charge in [-0.1, -0.05) is 23.9 Å². The van der Waals surface area contributed by atoms with Gasteiger partial charge in [0.15, 0.2) is 5.16 Å². The quantitative estimate of drug-likeness (QED) is 0.636. The number of carbonyl (C=O) groups excluding carboxylic acids is 1. The van der Waals surface area contributed by atoms with Gasteiger partial charge in [0, 0.05) is 12.1 Å². The van der Waals surface area contributed by atoms with Crippen LogP contribution in [0.2, 0.25) is 0 Å². The van der Waals surface area contributed by atoms with Crippen molar-refractivity contribution < 1.29 is 14.3 Å². The van der Waals surface area contributed by atoms with Gasteiger partial charge in [-0.15, -0.1) is 0 Å². The van der Waals surface area contributed by atoms with Gasteiger partial charge in [0.2, 0.25) is 5.91 Å². The van der Waals surface area contributed by atoms with Crippen molar-refractivity contribution in [3.05, 3.63) is 48.0 Å². The Balaban J connectivity index is 1.49. The van der Waals surface area contributed by atoms with Crippen LogP contribution in [0.3, 0.4) is 0 Å². The lowest BCUT2D eigenvalue weighted by atomic mass is 10.0. The fraction of sp³-hybridized carbons (Fsp3) is 0.333. The Hall–Kier alpha value is -2.67. The summed E-state index contributed by atoms with van der Waals surface area (Å²) in [6.45, 7) is 0.755. The number of carbonyl (C=O) groups is 1. The first-order valence-corrected chi connectivity index (χ1v) is 10.3. The van der Waals surface area contributed by atoms with Crippen LogP contribution in [0.25, 0.3) is 11.0 Å². The minimum Gasteiger partial charge on any atom is -0.497 e. The Labute approximate surface area is 168 Å². The molecule has 6 nitrogen and oxygen atoms in total. The molecule has 1 unspecified atom stereocenters. The average Bonchev–Trinajstić information content (AvgIpc) is 3.38. The molecule has 0 bridgehead atoms. The minimum absolute atomic E-state index is 0.00817. The second-order valence-electron chi connectivity index (χ2n) is 6.70. The number of hydrogen-bond donors (Lipinski definition) is 1. The maximum absolute atomic E-state index is 13.0. The van der Waals surface area contributed by atoms with E-state index in [1.54, 1.807) is 14.2 Å². The summed E-state index contributed by atoms with van der Waals surface area (Å²) in [7, 11) is 3.30. The Morgan fingerprint density at radius 3 is 2.89 bits per heavy atom. The summed E-state index contributed by atoms with van der Waals surface area (Å²) in [5, 5.41) is 0.768. The van der Waals surface area contributed by atoms with Gasteiger partial charge >= 0.3 is 0 Å². The van der Waals surface area contributed by atoms with E-state index in [1.807, 2.05) is 47.4 Å². The fourth-order valence-electron chi connectivity index (χ4n) is 3.70. The largest absolute Gasteiger partial charge is 0.497 e. The summed E-state index contributed by atoms with van der Waals surface area (Å²) < 4.78 is 10.9. The van der Waals surface area contributed by atoms with Crippen molar-refractivity contribution in [2.45, 2.75) is 24.0 Å². The molecule has 1 N–H and O–H groups in total. The molecule has 28 heavy (non-hydrogen) atoms. The molecule has 1 saturated heterocycles. The van der Waals surface area contributed by atoms with Gasteiger partial charge in [-0.25, -0.2) is 4.98 Å². The number of nitrogens with one attached hydrogen (secondary N) is 1. The summed E-state index contributed by atoms with van der Waals surface area (Å²) in [5.41, 5.74) is 2.90. The third-order valence-electron chi connectivity index (χ3n) is 5.07. The number of methoxy groups -OCH3 is 2. The maximum atomic E-state index is 13.0. The molecule has 1 amide bonds. The number of thioether (sulfide) groups is 1. The van der Waals surface area contributed by atoms with Crippen molar-refractivity contribution >= 4 is 28.7 Å². The number of rotatable bonds is 6. The van der Waals surface area contributed by atoms with Crippen LogP contribution in [-0.4, -0.2) is 47.3 Å². The van der Waals surface area contributed by atoms with Gasteiger partial charge in [0.25, 0.3) is 0 Å². The number of imidazole rings is 1. The number of para-hydroxylation sites is 2. The molecule has 0 radical (unpaired) electrons. The van der Waals surface area contributed by atoms with Crippen molar-refractivity contribution in [2.24, 2.45) is 0 Å². The molecule has 0 saturated carbocycles. The number of nitrogens with zero attached hydrogens (tertiary/aromatic N) is 2. The first-order chi connectivity index (χ1) is 13.7. The van der Waals surface area contributed by atoms with Crippen LogP contribution in [-0.2, 0) is 4.79 Å².